The van der Waals surface area contributed by atoms with Crippen LogP contribution >= 0.6 is 7.82 Å². The molecule has 0 rings (SSSR count). The zero-order valence-electron chi connectivity index (χ0n) is 62.1. The number of quaternary nitrogens is 1. The maximum absolute atomic E-state index is 12.9. The molecule has 94 heavy (non-hydrogen) atoms. The molecule has 0 amide bonds. The fourth-order valence-electron chi connectivity index (χ4n) is 11.3. The maximum Gasteiger partial charge on any atom is 0.306 e. The molecule has 0 N–H and O–H groups in total. The van der Waals surface area contributed by atoms with Gasteiger partial charge >= 0.3 is 11.9 Å². The summed E-state index contributed by atoms with van der Waals surface area (Å²) >= 11 is 0. The Bertz CT molecular complexity index is 1960. The molecule has 0 radical (unpaired) electrons. The van der Waals surface area contributed by atoms with Gasteiger partial charge in [-0.05, 0) is 103 Å². The van der Waals surface area contributed by atoms with Crippen LogP contribution < -0.4 is 4.89 Å². The number of carbonyl (C=O) groups excluding carboxylic acids is 2. The van der Waals surface area contributed by atoms with Crippen molar-refractivity contribution < 1.29 is 42.1 Å². The number of unbranched alkanes of at least 4 members (excludes halogenated alkanes) is 41. The second kappa shape index (κ2) is 73.9. The second-order valence-electron chi connectivity index (χ2n) is 27.7. The van der Waals surface area contributed by atoms with Crippen LogP contribution in [-0.2, 0) is 32.7 Å². The molecule has 0 fully saturated rings. The van der Waals surface area contributed by atoms with Gasteiger partial charge in [-0.1, -0.05) is 354 Å². The van der Waals surface area contributed by atoms with E-state index in [1.807, 2.05) is 21.1 Å². The molecule has 0 aromatic carbocycles. The van der Waals surface area contributed by atoms with E-state index in [0.29, 0.717) is 17.4 Å². The Balaban J connectivity index is 3.95. The van der Waals surface area contributed by atoms with Crippen molar-refractivity contribution in [3.8, 4) is 0 Å². The second-order valence-corrected chi connectivity index (χ2v) is 29.1. The lowest BCUT2D eigenvalue weighted by atomic mass is 10.0. The Morgan fingerprint density at radius 2 is 0.606 bits per heavy atom. The molecule has 544 valence electrons. The van der Waals surface area contributed by atoms with Gasteiger partial charge < -0.3 is 27.9 Å². The van der Waals surface area contributed by atoms with Gasteiger partial charge in [-0.25, -0.2) is 0 Å². The normalized spacial score (nSPS) is 13.6. The molecule has 2 atom stereocenters. The van der Waals surface area contributed by atoms with Crippen LogP contribution in [0.5, 0.6) is 0 Å². The van der Waals surface area contributed by atoms with Crippen LogP contribution in [0.3, 0.4) is 0 Å². The predicted octanol–water partition coefficient (Wildman–Crippen LogP) is 25.8. The fourth-order valence-corrected chi connectivity index (χ4v) is 12.0. The number of carbonyl (C=O) groups is 2. The van der Waals surface area contributed by atoms with E-state index in [4.69, 9.17) is 18.5 Å². The highest BCUT2D eigenvalue weighted by molar-refractivity contribution is 7.45. The Morgan fingerprint density at radius 1 is 0.340 bits per heavy atom. The Kier molecular flexibility index (Phi) is 71.3. The quantitative estimate of drug-likeness (QED) is 0.0195. The molecule has 0 spiro atoms. The Labute approximate surface area is 582 Å². The minimum atomic E-state index is -4.65. The third-order valence-electron chi connectivity index (χ3n) is 17.3. The van der Waals surface area contributed by atoms with Crippen LogP contribution in [0.25, 0.3) is 0 Å². The number of ether oxygens (including phenoxy) is 2. The van der Waals surface area contributed by atoms with Gasteiger partial charge in [0.25, 0.3) is 7.82 Å². The first-order valence-electron chi connectivity index (χ1n) is 39.6. The monoisotopic (exact) mass is 1330 g/mol. The van der Waals surface area contributed by atoms with Gasteiger partial charge in [-0.2, -0.15) is 0 Å². The van der Waals surface area contributed by atoms with Gasteiger partial charge in [0, 0.05) is 12.8 Å². The number of phosphoric ester groups is 1. The van der Waals surface area contributed by atoms with E-state index in [0.717, 1.165) is 89.9 Å². The van der Waals surface area contributed by atoms with Gasteiger partial charge in [0.05, 0.1) is 27.7 Å². The van der Waals surface area contributed by atoms with Crippen molar-refractivity contribution in [1.82, 2.24) is 0 Å². The molecule has 10 heteroatoms. The van der Waals surface area contributed by atoms with E-state index < -0.39 is 26.5 Å². The summed E-state index contributed by atoms with van der Waals surface area (Å²) in [7, 11) is 1.18. The van der Waals surface area contributed by atoms with E-state index in [2.05, 4.69) is 123 Å². The zero-order valence-corrected chi connectivity index (χ0v) is 63.0. The lowest BCUT2D eigenvalue weighted by Gasteiger charge is -2.28. The molecule has 0 aromatic heterocycles. The van der Waals surface area contributed by atoms with Gasteiger partial charge in [-0.15, -0.1) is 0 Å². The third-order valence-corrected chi connectivity index (χ3v) is 18.2. The van der Waals surface area contributed by atoms with Crippen molar-refractivity contribution >= 4 is 19.8 Å². The first kappa shape index (κ1) is 90.7. The smallest absolute Gasteiger partial charge is 0.306 e. The lowest BCUT2D eigenvalue weighted by molar-refractivity contribution is -0.870. The molecule has 0 aromatic rings. The van der Waals surface area contributed by atoms with E-state index in [1.54, 1.807) is 0 Å². The largest absolute Gasteiger partial charge is 0.756 e. The summed E-state index contributed by atoms with van der Waals surface area (Å²) in [6.07, 6.45) is 105. The Morgan fingerprint density at radius 3 is 0.904 bits per heavy atom. The summed E-state index contributed by atoms with van der Waals surface area (Å²) in [6, 6.07) is 0. The van der Waals surface area contributed by atoms with Crippen molar-refractivity contribution in [3.63, 3.8) is 0 Å². The first-order chi connectivity index (χ1) is 46.0. The van der Waals surface area contributed by atoms with Gasteiger partial charge in [0.15, 0.2) is 6.10 Å². The predicted molar refractivity (Wildman–Crippen MR) is 406 cm³/mol. The lowest BCUT2D eigenvalue weighted by Crippen LogP contribution is -2.37. The standard InChI is InChI=1S/C84H150NO8P/c1-6-8-10-12-14-16-18-20-22-24-26-28-30-32-34-36-37-38-39-40-41-42-43-44-45-46-47-49-51-53-55-57-59-61-63-65-67-69-71-73-75-77-84(87)93-82(81-92-94(88,89)91-79-78-85(3,4)5)80-90-83(86)76-74-72-70-68-66-64-62-60-58-56-54-52-50-48-35-33-31-29-27-25-23-21-19-17-15-13-11-9-7-2/h8,10,14,16,19-22,25-28,32,34,37-38,40-41,82H,6-7,9,11-13,15,17-18,23-24,29-31,33,35-36,39,42-81H2,1-5H3/b10-8-,16-14-,21-19-,22-20-,27-25-,28-26-,34-32-,38-37-,41-40-. The molecule has 0 heterocycles. The molecule has 0 aliphatic rings. The SMILES string of the molecule is CC/C=C\C/C=C\C/C=C\C/C=C\C/C=C\C/C=C\C/C=C\CCCCCCCCCCCCCCCCCCCCCC(=O)OC(COC(=O)CCCCCCCCCCCCCCCCCCC/C=C\C/C=C\CCCCCCC)COP(=O)([O-])OCC[N+](C)(C)C. The molecule has 0 aliphatic carbocycles. The average Bonchev–Trinajstić information content (AvgIpc) is 1.57. The highest BCUT2D eigenvalue weighted by Crippen LogP contribution is 2.38. The summed E-state index contributed by atoms with van der Waals surface area (Å²) in [5, 5.41) is 0. The molecular formula is C84H150NO8P. The van der Waals surface area contributed by atoms with Gasteiger partial charge in [0.1, 0.15) is 19.8 Å². The summed E-state index contributed by atoms with van der Waals surface area (Å²) in [6.45, 7) is 4.16. The number of hydrogen-bond donors (Lipinski definition) is 0. The van der Waals surface area contributed by atoms with Crippen LogP contribution in [0.4, 0.5) is 0 Å². The number of hydrogen-bond acceptors (Lipinski definition) is 8. The molecule has 2 unspecified atom stereocenters. The summed E-state index contributed by atoms with van der Waals surface area (Å²) < 4.78 is 34.4. The minimum absolute atomic E-state index is 0.0315. The van der Waals surface area contributed by atoms with E-state index in [1.165, 1.54) is 238 Å². The molecular weight excluding hydrogens is 1180 g/mol. The van der Waals surface area contributed by atoms with Gasteiger partial charge in [-0.3, -0.25) is 14.2 Å². The highest BCUT2D eigenvalue weighted by Gasteiger charge is 2.22. The summed E-state index contributed by atoms with van der Waals surface area (Å²) in [4.78, 5) is 38.2. The molecule has 0 saturated carbocycles. The van der Waals surface area contributed by atoms with E-state index >= 15 is 0 Å². The summed E-state index contributed by atoms with van der Waals surface area (Å²) in [5.41, 5.74) is 0. The van der Waals surface area contributed by atoms with Crippen molar-refractivity contribution in [2.45, 2.75) is 367 Å². The van der Waals surface area contributed by atoms with Gasteiger partial charge in [0.2, 0.25) is 0 Å². The van der Waals surface area contributed by atoms with Crippen LogP contribution in [0, 0.1) is 0 Å². The average molecular weight is 1330 g/mol. The fraction of sp³-hybridized carbons (Fsp3) is 0.762. The van der Waals surface area contributed by atoms with Crippen LogP contribution in [0.2, 0.25) is 0 Å². The molecule has 0 aliphatic heterocycles. The first-order valence-corrected chi connectivity index (χ1v) is 41.1. The summed E-state index contributed by atoms with van der Waals surface area (Å²) in [5.74, 6) is -0.818. The molecule has 9 nitrogen and oxygen atoms in total. The van der Waals surface area contributed by atoms with E-state index in [9.17, 15) is 19.0 Å². The maximum atomic E-state index is 12.9. The van der Waals surface area contributed by atoms with Crippen LogP contribution in [0.15, 0.2) is 109 Å². The number of likely N-dealkylation sites (N-methyl/N-ethyl adjacent to an activating group) is 1. The van der Waals surface area contributed by atoms with E-state index in [-0.39, 0.29) is 32.0 Å². The van der Waals surface area contributed by atoms with Crippen molar-refractivity contribution in [2.24, 2.45) is 0 Å². The number of phosphoric acid groups is 1. The third kappa shape index (κ3) is 77.7. The van der Waals surface area contributed by atoms with Crippen molar-refractivity contribution in [3.05, 3.63) is 109 Å². The van der Waals surface area contributed by atoms with Crippen LogP contribution in [0.1, 0.15) is 361 Å². The zero-order chi connectivity index (χ0) is 68.3. The minimum Gasteiger partial charge on any atom is -0.756 e. The number of nitrogens with zero attached hydrogens (tertiary/aromatic N) is 1. The van der Waals surface area contributed by atoms with Crippen molar-refractivity contribution in [2.75, 3.05) is 47.5 Å². The molecule has 0 saturated heterocycles. The molecule has 0 bridgehead atoms. The number of allylic oxidation sites excluding steroid dienone is 18. The van der Waals surface area contributed by atoms with Crippen molar-refractivity contribution in [1.29, 1.82) is 0 Å². The topological polar surface area (TPSA) is 111 Å². The number of esters is 2. The van der Waals surface area contributed by atoms with Crippen LogP contribution in [-0.4, -0.2) is 70.0 Å². The number of rotatable bonds is 73. The Hall–Kier alpha value is -3.33. The highest BCUT2D eigenvalue weighted by atomic mass is 31.2.